The summed E-state index contributed by atoms with van der Waals surface area (Å²) in [5.41, 5.74) is 1.35. The van der Waals surface area contributed by atoms with E-state index in [0.717, 1.165) is 5.69 Å². The van der Waals surface area contributed by atoms with Gasteiger partial charge in [-0.25, -0.2) is 4.39 Å². The van der Waals surface area contributed by atoms with Gasteiger partial charge in [0.2, 0.25) is 0 Å². The second-order valence-electron chi connectivity index (χ2n) is 2.33. The maximum absolute atomic E-state index is 12.8. The summed E-state index contributed by atoms with van der Waals surface area (Å²) < 4.78 is 12.8. The lowest BCUT2D eigenvalue weighted by Gasteiger charge is -2.04. The van der Waals surface area contributed by atoms with Crippen molar-refractivity contribution < 1.29 is 4.39 Å². The van der Waals surface area contributed by atoms with E-state index in [1.807, 2.05) is 0 Å². The summed E-state index contributed by atoms with van der Waals surface area (Å²) in [6, 6.07) is 2.99. The third kappa shape index (κ3) is 1.63. The van der Waals surface area contributed by atoms with Crippen molar-refractivity contribution in [1.29, 1.82) is 0 Å². The van der Waals surface area contributed by atoms with Gasteiger partial charge in [0.05, 0.1) is 10.7 Å². The molecule has 1 nitrogen and oxygen atoms in total. The maximum atomic E-state index is 12.8. The quantitative estimate of drug-likeness (QED) is 0.689. The van der Waals surface area contributed by atoms with Crippen molar-refractivity contribution in [3.8, 4) is 0 Å². The Hall–Kier alpha value is -0.760. The highest BCUT2D eigenvalue weighted by atomic mass is 35.5. The highest BCUT2D eigenvalue weighted by Crippen LogP contribution is 2.24. The van der Waals surface area contributed by atoms with Crippen LogP contribution in [-0.4, -0.2) is 7.05 Å². The third-order valence-corrected chi connectivity index (χ3v) is 1.83. The number of rotatable bonds is 1. The van der Waals surface area contributed by atoms with Gasteiger partial charge in [-0.15, -0.1) is 0 Å². The highest BCUT2D eigenvalue weighted by Gasteiger charge is 2.02. The average molecular weight is 174 g/mol. The van der Waals surface area contributed by atoms with Crippen molar-refractivity contribution in [3.63, 3.8) is 0 Å². The van der Waals surface area contributed by atoms with E-state index < -0.39 is 0 Å². The molecule has 0 bridgehead atoms. The normalized spacial score (nSPS) is 9.82. The van der Waals surface area contributed by atoms with Crippen LogP contribution in [0.25, 0.3) is 0 Å². The van der Waals surface area contributed by atoms with Crippen LogP contribution >= 0.6 is 11.6 Å². The van der Waals surface area contributed by atoms with Gasteiger partial charge in [0.25, 0.3) is 0 Å². The summed E-state index contributed by atoms with van der Waals surface area (Å²) in [5, 5.41) is 3.28. The molecule has 60 valence electrons. The molecule has 3 heteroatoms. The molecular weight excluding hydrogens is 165 g/mol. The fourth-order valence-corrected chi connectivity index (χ4v) is 1.09. The summed E-state index contributed by atoms with van der Waals surface area (Å²) in [6.45, 7) is 1.70. The minimum absolute atomic E-state index is 0.269. The zero-order valence-corrected chi connectivity index (χ0v) is 7.17. The Balaban J connectivity index is 3.21. The molecule has 0 aliphatic rings. The van der Waals surface area contributed by atoms with Gasteiger partial charge in [-0.05, 0) is 24.6 Å². The van der Waals surface area contributed by atoms with Crippen LogP contribution in [0.1, 0.15) is 5.56 Å². The molecule has 1 aromatic rings. The van der Waals surface area contributed by atoms with E-state index in [9.17, 15) is 4.39 Å². The molecule has 0 atom stereocenters. The van der Waals surface area contributed by atoms with Crippen molar-refractivity contribution in [1.82, 2.24) is 0 Å². The van der Waals surface area contributed by atoms with Crippen molar-refractivity contribution in [2.75, 3.05) is 12.4 Å². The lowest BCUT2D eigenvalue weighted by molar-refractivity contribution is 0.619. The predicted molar refractivity (Wildman–Crippen MR) is 45.7 cm³/mol. The molecule has 0 unspecified atom stereocenters. The molecule has 11 heavy (non-hydrogen) atoms. The molecule has 1 rings (SSSR count). The topological polar surface area (TPSA) is 12.0 Å². The molecule has 0 heterocycles. The minimum Gasteiger partial charge on any atom is -0.387 e. The van der Waals surface area contributed by atoms with Gasteiger partial charge < -0.3 is 5.32 Å². The first-order chi connectivity index (χ1) is 5.15. The fraction of sp³-hybridized carbons (Fsp3) is 0.250. The molecule has 0 spiro atoms. The first-order valence-electron chi connectivity index (χ1n) is 3.28. The molecule has 1 N–H and O–H groups in total. The molecule has 0 aliphatic heterocycles. The molecule has 0 aliphatic carbocycles. The standard InChI is InChI=1S/C8H9ClFN/c1-5-3-8(11-2)6(9)4-7(5)10/h3-4,11H,1-2H3. The summed E-state index contributed by atoms with van der Waals surface area (Å²) in [5.74, 6) is -0.269. The maximum Gasteiger partial charge on any atom is 0.127 e. The summed E-state index contributed by atoms with van der Waals surface area (Å²) in [7, 11) is 1.75. The SMILES string of the molecule is CNc1cc(C)c(F)cc1Cl. The van der Waals surface area contributed by atoms with Crippen molar-refractivity contribution in [2.45, 2.75) is 6.92 Å². The Bertz CT molecular complexity index is 273. The number of aryl methyl sites for hydroxylation is 1. The molecular formula is C8H9ClFN. The number of hydrogen-bond donors (Lipinski definition) is 1. The number of benzene rings is 1. The molecule has 0 fully saturated rings. The van der Waals surface area contributed by atoms with Gasteiger partial charge in [-0.2, -0.15) is 0 Å². The lowest BCUT2D eigenvalue weighted by Crippen LogP contribution is -1.91. The second-order valence-corrected chi connectivity index (χ2v) is 2.74. The van der Waals surface area contributed by atoms with E-state index in [2.05, 4.69) is 5.32 Å². The lowest BCUT2D eigenvalue weighted by atomic mass is 10.2. The van der Waals surface area contributed by atoms with Crippen LogP contribution < -0.4 is 5.32 Å². The zero-order chi connectivity index (χ0) is 8.43. The largest absolute Gasteiger partial charge is 0.387 e. The Morgan fingerprint density at radius 3 is 2.64 bits per heavy atom. The van der Waals surface area contributed by atoms with Gasteiger partial charge in [0.1, 0.15) is 5.82 Å². The van der Waals surface area contributed by atoms with Crippen LogP contribution in [0.15, 0.2) is 12.1 Å². The average Bonchev–Trinajstić information content (AvgIpc) is 1.97. The van der Waals surface area contributed by atoms with Crippen molar-refractivity contribution in [3.05, 3.63) is 28.5 Å². The van der Waals surface area contributed by atoms with Gasteiger partial charge in [0.15, 0.2) is 0 Å². The van der Waals surface area contributed by atoms with Gasteiger partial charge >= 0.3 is 0 Å². The van der Waals surface area contributed by atoms with Crippen LogP contribution in [0.4, 0.5) is 10.1 Å². The summed E-state index contributed by atoms with van der Waals surface area (Å²) >= 11 is 5.70. The molecule has 0 saturated carbocycles. The van der Waals surface area contributed by atoms with E-state index in [1.165, 1.54) is 6.07 Å². The van der Waals surface area contributed by atoms with E-state index >= 15 is 0 Å². The highest BCUT2D eigenvalue weighted by molar-refractivity contribution is 6.33. The van der Waals surface area contributed by atoms with Crippen LogP contribution in [0, 0.1) is 12.7 Å². The molecule has 0 aromatic heterocycles. The monoisotopic (exact) mass is 173 g/mol. The van der Waals surface area contributed by atoms with Crippen molar-refractivity contribution in [2.24, 2.45) is 0 Å². The second kappa shape index (κ2) is 3.09. The minimum atomic E-state index is -0.269. The number of hydrogen-bond acceptors (Lipinski definition) is 1. The van der Waals surface area contributed by atoms with Crippen LogP contribution in [-0.2, 0) is 0 Å². The molecule has 1 aromatic carbocycles. The number of anilines is 1. The fourth-order valence-electron chi connectivity index (χ4n) is 0.849. The first kappa shape index (κ1) is 8.34. The Morgan fingerprint density at radius 2 is 2.09 bits per heavy atom. The van der Waals surface area contributed by atoms with E-state index in [-0.39, 0.29) is 5.82 Å². The zero-order valence-electron chi connectivity index (χ0n) is 6.41. The molecule has 0 radical (unpaired) electrons. The number of nitrogens with one attached hydrogen (secondary N) is 1. The van der Waals surface area contributed by atoms with Crippen LogP contribution in [0.5, 0.6) is 0 Å². The van der Waals surface area contributed by atoms with Gasteiger partial charge in [0, 0.05) is 7.05 Å². The summed E-state index contributed by atoms with van der Waals surface area (Å²) in [4.78, 5) is 0. The third-order valence-electron chi connectivity index (χ3n) is 1.52. The van der Waals surface area contributed by atoms with E-state index in [1.54, 1.807) is 20.0 Å². The van der Waals surface area contributed by atoms with Crippen molar-refractivity contribution >= 4 is 17.3 Å². The predicted octanol–water partition coefficient (Wildman–Crippen LogP) is 2.83. The molecule has 0 saturated heterocycles. The van der Waals surface area contributed by atoms with Crippen LogP contribution in [0.3, 0.4) is 0 Å². The molecule has 0 amide bonds. The number of halogens is 2. The van der Waals surface area contributed by atoms with Gasteiger partial charge in [-0.3, -0.25) is 0 Å². The van der Waals surface area contributed by atoms with Crippen LogP contribution in [0.2, 0.25) is 5.02 Å². The Labute approximate surface area is 70.2 Å². The van der Waals surface area contributed by atoms with Gasteiger partial charge in [-0.1, -0.05) is 11.6 Å². The Morgan fingerprint density at radius 1 is 1.45 bits per heavy atom. The first-order valence-corrected chi connectivity index (χ1v) is 3.66. The van der Waals surface area contributed by atoms with E-state index in [0.29, 0.717) is 10.6 Å². The van der Waals surface area contributed by atoms with E-state index in [4.69, 9.17) is 11.6 Å². The smallest absolute Gasteiger partial charge is 0.127 e. The summed E-state index contributed by atoms with van der Waals surface area (Å²) in [6.07, 6.45) is 0. The Kier molecular flexibility index (Phi) is 2.35.